The van der Waals surface area contributed by atoms with Gasteiger partial charge in [-0.2, -0.15) is 8.78 Å². The average Bonchev–Trinajstić information content (AvgIpc) is 2.68. The van der Waals surface area contributed by atoms with Crippen LogP contribution in [0.2, 0.25) is 0 Å². The van der Waals surface area contributed by atoms with E-state index in [1.165, 1.54) is 6.07 Å². The lowest BCUT2D eigenvalue weighted by molar-refractivity contribution is -0.0514. The van der Waals surface area contributed by atoms with Crippen molar-refractivity contribution in [1.82, 2.24) is 15.5 Å². The number of methoxy groups -OCH3 is 1. The number of aliphatic imine (C=N–C) groups is 1. The molecule has 0 amide bonds. The van der Waals surface area contributed by atoms with E-state index in [9.17, 15) is 8.78 Å². The minimum Gasteiger partial charge on any atom is -0.490 e. The Kier molecular flexibility index (Phi) is 16.5. The molecule has 0 atom stereocenters. The van der Waals surface area contributed by atoms with Gasteiger partial charge in [0.2, 0.25) is 0 Å². The molecule has 0 unspecified atom stereocenters. The number of benzene rings is 1. The second kappa shape index (κ2) is 17.3. The molecular weight excluding hydrogens is 509 g/mol. The number of rotatable bonds is 14. The largest absolute Gasteiger partial charge is 0.490 e. The smallest absolute Gasteiger partial charge is 0.387 e. The predicted octanol–water partition coefficient (Wildman–Crippen LogP) is 3.33. The first kappa shape index (κ1) is 28.6. The van der Waals surface area contributed by atoms with Crippen LogP contribution >= 0.6 is 24.0 Å². The van der Waals surface area contributed by atoms with Crippen LogP contribution in [0, 0.1) is 0 Å². The molecule has 0 radical (unpaired) electrons. The summed E-state index contributed by atoms with van der Waals surface area (Å²) in [5, 5.41) is 6.50. The molecule has 30 heavy (non-hydrogen) atoms. The lowest BCUT2D eigenvalue weighted by atomic mass is 10.2. The summed E-state index contributed by atoms with van der Waals surface area (Å²) in [6, 6.07) is 4.87. The van der Waals surface area contributed by atoms with Crippen LogP contribution in [-0.4, -0.2) is 71.0 Å². The summed E-state index contributed by atoms with van der Waals surface area (Å²) in [7, 11) is 3.77. The van der Waals surface area contributed by atoms with Gasteiger partial charge in [0.15, 0.2) is 17.5 Å². The van der Waals surface area contributed by atoms with Crippen molar-refractivity contribution in [2.75, 3.05) is 53.6 Å². The molecule has 10 heteroatoms. The van der Waals surface area contributed by atoms with Gasteiger partial charge in [0.25, 0.3) is 0 Å². The third kappa shape index (κ3) is 12.3. The van der Waals surface area contributed by atoms with Crippen LogP contribution in [0.25, 0.3) is 0 Å². The van der Waals surface area contributed by atoms with E-state index in [1.54, 1.807) is 26.2 Å². The molecule has 0 saturated heterocycles. The number of hydrogen-bond acceptors (Lipinski definition) is 5. The minimum absolute atomic E-state index is 0. The zero-order chi connectivity index (χ0) is 21.5. The molecule has 1 aromatic carbocycles. The first-order valence-electron chi connectivity index (χ1n) is 9.90. The van der Waals surface area contributed by atoms with Crippen LogP contribution in [0.4, 0.5) is 8.78 Å². The highest BCUT2D eigenvalue weighted by atomic mass is 127. The lowest BCUT2D eigenvalue weighted by Crippen LogP contribution is -2.41. The highest BCUT2D eigenvalue weighted by Gasteiger charge is 2.11. The van der Waals surface area contributed by atoms with Gasteiger partial charge in [-0.25, -0.2) is 4.99 Å². The Bertz CT molecular complexity index is 609. The summed E-state index contributed by atoms with van der Waals surface area (Å²) in [5.74, 6) is 1.01. The van der Waals surface area contributed by atoms with Gasteiger partial charge in [0.1, 0.15) is 0 Å². The topological polar surface area (TPSA) is 67.4 Å². The van der Waals surface area contributed by atoms with Gasteiger partial charge in [0.05, 0.1) is 13.2 Å². The third-order valence-corrected chi connectivity index (χ3v) is 3.96. The molecule has 1 aromatic rings. The highest BCUT2D eigenvalue weighted by molar-refractivity contribution is 14.0. The normalized spacial score (nSPS) is 11.4. The maximum atomic E-state index is 12.5. The summed E-state index contributed by atoms with van der Waals surface area (Å²) < 4.78 is 40.0. The second-order valence-electron chi connectivity index (χ2n) is 6.36. The zero-order valence-corrected chi connectivity index (χ0v) is 20.6. The van der Waals surface area contributed by atoms with Crippen LogP contribution in [0.15, 0.2) is 23.2 Å². The van der Waals surface area contributed by atoms with Crippen molar-refractivity contribution < 1.29 is 23.0 Å². The SMILES string of the molecule is CCNC(=NCc1ccc(OC(F)F)c(OCC)c1)NCCN(C)CCCOC.I. The predicted molar refractivity (Wildman–Crippen MR) is 126 cm³/mol. The van der Waals surface area contributed by atoms with E-state index in [2.05, 4.69) is 32.3 Å². The van der Waals surface area contributed by atoms with E-state index in [1.807, 2.05) is 6.92 Å². The Labute approximate surface area is 195 Å². The summed E-state index contributed by atoms with van der Waals surface area (Å²) in [6.07, 6.45) is 0.995. The number of ether oxygens (including phenoxy) is 3. The summed E-state index contributed by atoms with van der Waals surface area (Å²) in [6.45, 7) is 5.72. The first-order chi connectivity index (χ1) is 14.0. The van der Waals surface area contributed by atoms with Gasteiger partial charge in [-0.15, -0.1) is 24.0 Å². The van der Waals surface area contributed by atoms with Crippen molar-refractivity contribution in [2.24, 2.45) is 4.99 Å². The van der Waals surface area contributed by atoms with E-state index >= 15 is 0 Å². The third-order valence-electron chi connectivity index (χ3n) is 3.96. The number of likely N-dealkylation sites (N-methyl/N-ethyl adjacent to an activating group) is 1. The molecule has 7 nitrogen and oxygen atoms in total. The van der Waals surface area contributed by atoms with Crippen LogP contribution in [0.5, 0.6) is 11.5 Å². The Balaban J connectivity index is 0.00000841. The van der Waals surface area contributed by atoms with Crippen LogP contribution in [0.3, 0.4) is 0 Å². The van der Waals surface area contributed by atoms with Gasteiger partial charge in [-0.05, 0) is 45.0 Å². The molecule has 0 saturated carbocycles. The number of alkyl halides is 2. The molecule has 0 bridgehead atoms. The molecular formula is C20H35F2IN4O3. The molecule has 0 aliphatic carbocycles. The molecule has 0 spiro atoms. The summed E-state index contributed by atoms with van der Waals surface area (Å²) in [4.78, 5) is 6.79. The number of halogens is 3. The van der Waals surface area contributed by atoms with Crippen LogP contribution in [0.1, 0.15) is 25.8 Å². The Hall–Kier alpha value is -1.40. The Morgan fingerprint density at radius 3 is 2.57 bits per heavy atom. The van der Waals surface area contributed by atoms with Crippen molar-refractivity contribution in [2.45, 2.75) is 33.4 Å². The van der Waals surface area contributed by atoms with Gasteiger partial charge >= 0.3 is 6.61 Å². The fourth-order valence-electron chi connectivity index (χ4n) is 2.58. The van der Waals surface area contributed by atoms with Crippen LogP contribution in [-0.2, 0) is 11.3 Å². The Morgan fingerprint density at radius 2 is 1.93 bits per heavy atom. The number of hydrogen-bond donors (Lipinski definition) is 2. The molecule has 0 aliphatic heterocycles. The molecule has 0 aromatic heterocycles. The molecule has 1 rings (SSSR count). The minimum atomic E-state index is -2.89. The fraction of sp³-hybridized carbons (Fsp3) is 0.650. The number of nitrogens with zero attached hydrogens (tertiary/aromatic N) is 2. The van der Waals surface area contributed by atoms with E-state index < -0.39 is 6.61 Å². The monoisotopic (exact) mass is 544 g/mol. The number of guanidine groups is 1. The summed E-state index contributed by atoms with van der Waals surface area (Å²) in [5.41, 5.74) is 0.837. The van der Waals surface area contributed by atoms with E-state index in [-0.39, 0.29) is 35.5 Å². The molecule has 174 valence electrons. The van der Waals surface area contributed by atoms with E-state index in [0.29, 0.717) is 19.1 Å². The van der Waals surface area contributed by atoms with Gasteiger partial charge in [0, 0.05) is 39.9 Å². The van der Waals surface area contributed by atoms with Crippen molar-refractivity contribution in [3.05, 3.63) is 23.8 Å². The van der Waals surface area contributed by atoms with Crippen molar-refractivity contribution in [3.63, 3.8) is 0 Å². The molecule has 2 N–H and O–H groups in total. The van der Waals surface area contributed by atoms with Crippen LogP contribution < -0.4 is 20.1 Å². The average molecular weight is 544 g/mol. The van der Waals surface area contributed by atoms with Crippen molar-refractivity contribution in [1.29, 1.82) is 0 Å². The van der Waals surface area contributed by atoms with Gasteiger partial charge in [-0.3, -0.25) is 0 Å². The second-order valence-corrected chi connectivity index (χ2v) is 6.36. The molecule has 0 heterocycles. The Morgan fingerprint density at radius 1 is 1.17 bits per heavy atom. The zero-order valence-electron chi connectivity index (χ0n) is 18.2. The number of nitrogens with one attached hydrogen (secondary N) is 2. The van der Waals surface area contributed by atoms with Crippen molar-refractivity contribution in [3.8, 4) is 11.5 Å². The van der Waals surface area contributed by atoms with Crippen molar-refractivity contribution >= 4 is 29.9 Å². The fourth-order valence-corrected chi connectivity index (χ4v) is 2.58. The first-order valence-corrected chi connectivity index (χ1v) is 9.90. The standard InChI is InChI=1S/C20H34F2N4O3.HI/c1-5-23-20(24-10-12-26(3)11-7-13-27-4)25-15-16-8-9-17(29-19(21)22)18(14-16)28-6-2;/h8-9,14,19H,5-7,10-13,15H2,1-4H3,(H2,23,24,25);1H. The molecule has 0 aliphatic rings. The molecule has 0 fully saturated rings. The van der Waals surface area contributed by atoms with Gasteiger partial charge in [-0.1, -0.05) is 6.07 Å². The maximum Gasteiger partial charge on any atom is 0.387 e. The highest BCUT2D eigenvalue weighted by Crippen LogP contribution is 2.30. The van der Waals surface area contributed by atoms with E-state index in [4.69, 9.17) is 9.47 Å². The maximum absolute atomic E-state index is 12.5. The summed E-state index contributed by atoms with van der Waals surface area (Å²) >= 11 is 0. The van der Waals surface area contributed by atoms with Gasteiger partial charge < -0.3 is 29.7 Å². The quantitative estimate of drug-likeness (QED) is 0.162. The lowest BCUT2D eigenvalue weighted by Gasteiger charge is -2.18. The van der Waals surface area contributed by atoms with E-state index in [0.717, 1.165) is 44.8 Å².